The van der Waals surface area contributed by atoms with E-state index < -0.39 is 0 Å². The first-order valence-electron chi connectivity index (χ1n) is 10.1. The standard InChI is InChI=1S/C24H20N6OS/c1-16-8-9-20(14-17(16)2)30-22(18-10-12-25-13-11-18)27-29-24(30)32-15-21-26-28-23(31-21)19-6-4-3-5-7-19/h3-14H,15H2,1-2H3. The maximum atomic E-state index is 5.85. The molecule has 2 aromatic carbocycles. The molecule has 0 saturated heterocycles. The van der Waals surface area contributed by atoms with E-state index in [1.165, 1.54) is 22.9 Å². The minimum Gasteiger partial charge on any atom is -0.420 e. The molecule has 0 spiro atoms. The van der Waals surface area contributed by atoms with Crippen molar-refractivity contribution in [3.05, 3.63) is 90.1 Å². The third-order valence-corrected chi connectivity index (χ3v) is 6.05. The van der Waals surface area contributed by atoms with Crippen molar-refractivity contribution in [2.45, 2.75) is 24.8 Å². The SMILES string of the molecule is Cc1ccc(-n2c(SCc3nnc(-c4ccccc4)o3)nnc2-c2ccncc2)cc1C. The fraction of sp³-hybridized carbons (Fsp3) is 0.125. The van der Waals surface area contributed by atoms with Gasteiger partial charge in [0.25, 0.3) is 0 Å². The average Bonchev–Trinajstić information content (AvgIpc) is 3.48. The van der Waals surface area contributed by atoms with Gasteiger partial charge in [-0.05, 0) is 61.4 Å². The highest BCUT2D eigenvalue weighted by atomic mass is 32.2. The van der Waals surface area contributed by atoms with Crippen molar-refractivity contribution >= 4 is 11.8 Å². The second kappa shape index (κ2) is 8.76. The van der Waals surface area contributed by atoms with Crippen LogP contribution in [0.1, 0.15) is 17.0 Å². The van der Waals surface area contributed by atoms with Gasteiger partial charge in [-0.2, -0.15) is 0 Å². The molecule has 0 saturated carbocycles. The maximum absolute atomic E-state index is 5.85. The summed E-state index contributed by atoms with van der Waals surface area (Å²) < 4.78 is 7.91. The second-order valence-electron chi connectivity index (χ2n) is 7.30. The van der Waals surface area contributed by atoms with E-state index in [1.807, 2.05) is 42.5 Å². The van der Waals surface area contributed by atoms with Crippen LogP contribution in [0.5, 0.6) is 0 Å². The lowest BCUT2D eigenvalue weighted by atomic mass is 10.1. The zero-order valence-corrected chi connectivity index (χ0v) is 18.5. The Labute approximate surface area is 189 Å². The molecule has 0 N–H and O–H groups in total. The third-order valence-electron chi connectivity index (χ3n) is 5.13. The average molecular weight is 441 g/mol. The van der Waals surface area contributed by atoms with E-state index >= 15 is 0 Å². The Morgan fingerprint density at radius 3 is 2.41 bits per heavy atom. The molecule has 0 radical (unpaired) electrons. The molecule has 0 aliphatic carbocycles. The molecule has 0 fully saturated rings. The number of thioether (sulfide) groups is 1. The van der Waals surface area contributed by atoms with Crippen LogP contribution in [0.25, 0.3) is 28.5 Å². The van der Waals surface area contributed by atoms with Crippen LogP contribution < -0.4 is 0 Å². The van der Waals surface area contributed by atoms with Crippen LogP contribution in [0.2, 0.25) is 0 Å². The highest BCUT2D eigenvalue weighted by molar-refractivity contribution is 7.98. The van der Waals surface area contributed by atoms with Gasteiger partial charge >= 0.3 is 0 Å². The molecule has 3 aromatic heterocycles. The Bertz CT molecular complexity index is 1350. The summed E-state index contributed by atoms with van der Waals surface area (Å²) in [5.41, 5.74) is 5.29. The third kappa shape index (κ3) is 4.04. The smallest absolute Gasteiger partial charge is 0.247 e. The van der Waals surface area contributed by atoms with Gasteiger partial charge in [0.15, 0.2) is 11.0 Å². The number of rotatable bonds is 6. The highest BCUT2D eigenvalue weighted by Crippen LogP contribution is 2.30. The van der Waals surface area contributed by atoms with Gasteiger partial charge in [-0.3, -0.25) is 9.55 Å². The van der Waals surface area contributed by atoms with E-state index in [9.17, 15) is 0 Å². The monoisotopic (exact) mass is 440 g/mol. The van der Waals surface area contributed by atoms with E-state index in [0.29, 0.717) is 17.5 Å². The van der Waals surface area contributed by atoms with Crippen molar-refractivity contribution in [2.24, 2.45) is 0 Å². The minimum atomic E-state index is 0.485. The molecule has 0 amide bonds. The van der Waals surface area contributed by atoms with Crippen LogP contribution in [0.4, 0.5) is 0 Å². The van der Waals surface area contributed by atoms with Gasteiger partial charge in [0, 0.05) is 23.5 Å². The predicted molar refractivity (Wildman–Crippen MR) is 123 cm³/mol. The van der Waals surface area contributed by atoms with Crippen LogP contribution in [0, 0.1) is 13.8 Å². The lowest BCUT2D eigenvalue weighted by Gasteiger charge is -2.11. The molecular formula is C24H20N6OS. The van der Waals surface area contributed by atoms with E-state index in [-0.39, 0.29) is 0 Å². The molecule has 0 unspecified atom stereocenters. The number of nitrogens with zero attached hydrogens (tertiary/aromatic N) is 6. The van der Waals surface area contributed by atoms with E-state index in [0.717, 1.165) is 27.8 Å². The van der Waals surface area contributed by atoms with Crippen molar-refractivity contribution in [3.8, 4) is 28.5 Å². The lowest BCUT2D eigenvalue weighted by Crippen LogP contribution is -2.01. The van der Waals surface area contributed by atoms with Crippen LogP contribution >= 0.6 is 11.8 Å². The van der Waals surface area contributed by atoms with Gasteiger partial charge in [-0.1, -0.05) is 36.0 Å². The number of benzene rings is 2. The van der Waals surface area contributed by atoms with Gasteiger partial charge in [-0.15, -0.1) is 20.4 Å². The van der Waals surface area contributed by atoms with E-state index in [4.69, 9.17) is 4.42 Å². The summed E-state index contributed by atoms with van der Waals surface area (Å²) in [5, 5.41) is 18.1. The Kier molecular flexibility index (Phi) is 5.51. The first kappa shape index (κ1) is 20.1. The summed E-state index contributed by atoms with van der Waals surface area (Å²) in [6, 6.07) is 19.9. The minimum absolute atomic E-state index is 0.485. The van der Waals surface area contributed by atoms with Crippen LogP contribution in [-0.2, 0) is 5.75 Å². The summed E-state index contributed by atoms with van der Waals surface area (Å²) in [4.78, 5) is 4.12. The van der Waals surface area contributed by atoms with Crippen molar-refractivity contribution in [3.63, 3.8) is 0 Å². The van der Waals surface area contributed by atoms with Crippen molar-refractivity contribution in [2.75, 3.05) is 0 Å². The summed E-state index contributed by atoms with van der Waals surface area (Å²) in [6.45, 7) is 4.20. The Hall–Kier alpha value is -3.78. The normalized spacial score (nSPS) is 11.1. The molecule has 0 bridgehead atoms. The van der Waals surface area contributed by atoms with Crippen LogP contribution in [-0.4, -0.2) is 29.9 Å². The molecular weight excluding hydrogens is 420 g/mol. The molecule has 158 valence electrons. The molecule has 32 heavy (non-hydrogen) atoms. The zero-order chi connectivity index (χ0) is 21.9. The number of aryl methyl sites for hydroxylation is 2. The summed E-state index contributed by atoms with van der Waals surface area (Å²) in [6.07, 6.45) is 3.51. The number of hydrogen-bond donors (Lipinski definition) is 0. The number of aromatic nitrogens is 6. The fourth-order valence-electron chi connectivity index (χ4n) is 3.28. The van der Waals surface area contributed by atoms with Crippen molar-refractivity contribution in [1.82, 2.24) is 29.9 Å². The number of pyridine rings is 1. The van der Waals surface area contributed by atoms with Crippen LogP contribution in [0.3, 0.4) is 0 Å². The predicted octanol–water partition coefficient (Wildman–Crippen LogP) is 5.29. The van der Waals surface area contributed by atoms with Gasteiger partial charge in [0.1, 0.15) is 0 Å². The highest BCUT2D eigenvalue weighted by Gasteiger charge is 2.18. The molecule has 3 heterocycles. The summed E-state index contributed by atoms with van der Waals surface area (Å²) in [5.74, 6) is 2.29. The molecule has 5 aromatic rings. The molecule has 0 aliphatic heterocycles. The fourth-order valence-corrected chi connectivity index (χ4v) is 4.07. The Balaban J connectivity index is 1.47. The molecule has 0 aliphatic rings. The second-order valence-corrected chi connectivity index (χ2v) is 8.24. The topological polar surface area (TPSA) is 82.5 Å². The Morgan fingerprint density at radius 1 is 0.812 bits per heavy atom. The first-order chi connectivity index (χ1) is 15.7. The van der Waals surface area contributed by atoms with Crippen LogP contribution in [0.15, 0.2) is 82.6 Å². The first-order valence-corrected chi connectivity index (χ1v) is 11.1. The Morgan fingerprint density at radius 2 is 1.62 bits per heavy atom. The zero-order valence-electron chi connectivity index (χ0n) is 17.6. The van der Waals surface area contributed by atoms with E-state index in [2.05, 4.69) is 62.0 Å². The largest absolute Gasteiger partial charge is 0.420 e. The van der Waals surface area contributed by atoms with Gasteiger partial charge in [-0.25, -0.2) is 0 Å². The molecule has 5 rings (SSSR count). The van der Waals surface area contributed by atoms with Crippen molar-refractivity contribution < 1.29 is 4.42 Å². The summed E-state index contributed by atoms with van der Waals surface area (Å²) >= 11 is 1.51. The molecule has 8 heteroatoms. The van der Waals surface area contributed by atoms with Gasteiger partial charge in [0.2, 0.25) is 11.8 Å². The molecule has 0 atom stereocenters. The molecule has 7 nitrogen and oxygen atoms in total. The van der Waals surface area contributed by atoms with E-state index in [1.54, 1.807) is 12.4 Å². The quantitative estimate of drug-likeness (QED) is 0.332. The lowest BCUT2D eigenvalue weighted by molar-refractivity contribution is 0.528. The van der Waals surface area contributed by atoms with Gasteiger partial charge in [0.05, 0.1) is 11.4 Å². The maximum Gasteiger partial charge on any atom is 0.247 e. The van der Waals surface area contributed by atoms with Gasteiger partial charge < -0.3 is 4.42 Å². The number of hydrogen-bond acceptors (Lipinski definition) is 7. The van der Waals surface area contributed by atoms with Crippen molar-refractivity contribution in [1.29, 1.82) is 0 Å². The summed E-state index contributed by atoms with van der Waals surface area (Å²) in [7, 11) is 0.